The zero-order valence-corrected chi connectivity index (χ0v) is 14.2. The van der Waals surface area contributed by atoms with Crippen LogP contribution in [0.3, 0.4) is 0 Å². The van der Waals surface area contributed by atoms with E-state index in [0.29, 0.717) is 18.3 Å². The molecule has 1 aliphatic heterocycles. The van der Waals surface area contributed by atoms with Gasteiger partial charge in [0.2, 0.25) is 0 Å². The number of H-pyrrole nitrogens is 1. The molecule has 25 heavy (non-hydrogen) atoms. The van der Waals surface area contributed by atoms with Crippen molar-refractivity contribution >= 4 is 11.0 Å². The molecule has 2 heterocycles. The second-order valence-electron chi connectivity index (χ2n) is 6.43. The Morgan fingerprint density at radius 1 is 1.24 bits per heavy atom. The number of aromatic amines is 1. The molecule has 0 unspecified atom stereocenters. The number of ether oxygens (including phenoxy) is 1. The Morgan fingerprint density at radius 2 is 2.12 bits per heavy atom. The molecule has 1 N–H and O–H groups in total. The number of nitrogens with zero attached hydrogens (tertiary/aromatic N) is 2. The van der Waals surface area contributed by atoms with Crippen LogP contribution in [0.4, 0.5) is 0 Å². The molecule has 1 saturated heterocycles. The minimum Gasteiger partial charge on any atom is -0.497 e. The summed E-state index contributed by atoms with van der Waals surface area (Å²) in [5, 5.41) is 0. The molecule has 0 radical (unpaired) electrons. The van der Waals surface area contributed by atoms with Crippen LogP contribution in [0.25, 0.3) is 11.0 Å². The number of para-hydroxylation sites is 2. The van der Waals surface area contributed by atoms with Gasteiger partial charge in [-0.25, -0.2) is 4.98 Å². The number of hydrogen-bond donors (Lipinski definition) is 1. The lowest BCUT2D eigenvalue weighted by Crippen LogP contribution is -2.28. The summed E-state index contributed by atoms with van der Waals surface area (Å²) in [6, 6.07) is 16.1. The van der Waals surface area contributed by atoms with Crippen LogP contribution in [0.5, 0.6) is 5.75 Å². The van der Waals surface area contributed by atoms with Crippen molar-refractivity contribution in [3.8, 4) is 5.75 Å². The summed E-state index contributed by atoms with van der Waals surface area (Å²) < 4.78 is 5.35. The predicted octanol–water partition coefficient (Wildman–Crippen LogP) is 3.27. The third-order valence-corrected chi connectivity index (χ3v) is 4.86. The Balaban J connectivity index is 1.63. The van der Waals surface area contributed by atoms with Crippen LogP contribution in [-0.2, 0) is 6.54 Å². The van der Waals surface area contributed by atoms with E-state index in [1.165, 1.54) is 5.56 Å². The van der Waals surface area contributed by atoms with Gasteiger partial charge in [0.15, 0.2) is 0 Å². The van der Waals surface area contributed by atoms with E-state index in [4.69, 9.17) is 4.74 Å². The molecule has 5 nitrogen and oxygen atoms in total. The molecule has 1 atom stereocenters. The third kappa shape index (κ3) is 3.15. The first-order valence-corrected chi connectivity index (χ1v) is 8.60. The second kappa shape index (κ2) is 6.69. The van der Waals surface area contributed by atoms with Gasteiger partial charge in [0.1, 0.15) is 11.4 Å². The summed E-state index contributed by atoms with van der Waals surface area (Å²) in [6.07, 6.45) is 2.20. The molecule has 4 rings (SSSR count). The van der Waals surface area contributed by atoms with Gasteiger partial charge in [-0.1, -0.05) is 24.3 Å². The highest BCUT2D eigenvalue weighted by molar-refractivity contribution is 5.73. The predicted molar refractivity (Wildman–Crippen MR) is 97.7 cm³/mol. The van der Waals surface area contributed by atoms with Gasteiger partial charge in [-0.05, 0) is 49.2 Å². The molecule has 1 fully saturated rings. The lowest BCUT2D eigenvalue weighted by Gasteiger charge is -2.24. The minimum atomic E-state index is -0.102. The Labute approximate surface area is 146 Å². The van der Waals surface area contributed by atoms with Crippen molar-refractivity contribution in [2.24, 2.45) is 0 Å². The van der Waals surface area contributed by atoms with Gasteiger partial charge in [-0.15, -0.1) is 0 Å². The van der Waals surface area contributed by atoms with Gasteiger partial charge in [0, 0.05) is 12.6 Å². The lowest BCUT2D eigenvalue weighted by atomic mass is 10.0. The highest BCUT2D eigenvalue weighted by Gasteiger charge is 2.27. The molecule has 0 bridgehead atoms. The fourth-order valence-electron chi connectivity index (χ4n) is 3.61. The zero-order chi connectivity index (χ0) is 17.2. The van der Waals surface area contributed by atoms with Gasteiger partial charge >= 0.3 is 0 Å². The molecular formula is C20H21N3O2. The van der Waals surface area contributed by atoms with Gasteiger partial charge < -0.3 is 9.72 Å². The first-order chi connectivity index (χ1) is 12.2. The number of aromatic nitrogens is 2. The SMILES string of the molecule is COc1cccc([C@@H]2CCCN2Cc2nc3ccccc3[nH]c2=O)c1. The van der Waals surface area contributed by atoms with Gasteiger partial charge in [-0.3, -0.25) is 9.69 Å². The van der Waals surface area contributed by atoms with E-state index in [-0.39, 0.29) is 5.56 Å². The monoisotopic (exact) mass is 335 g/mol. The molecule has 0 saturated carbocycles. The van der Waals surface area contributed by atoms with Gasteiger partial charge in [0.05, 0.1) is 18.1 Å². The molecule has 3 aromatic rings. The van der Waals surface area contributed by atoms with E-state index >= 15 is 0 Å². The number of likely N-dealkylation sites (tertiary alicyclic amines) is 1. The zero-order valence-electron chi connectivity index (χ0n) is 14.2. The van der Waals surface area contributed by atoms with Crippen molar-refractivity contribution < 1.29 is 4.74 Å². The highest BCUT2D eigenvalue weighted by atomic mass is 16.5. The molecule has 5 heteroatoms. The van der Waals surface area contributed by atoms with Crippen LogP contribution < -0.4 is 10.3 Å². The van der Waals surface area contributed by atoms with E-state index in [1.54, 1.807) is 7.11 Å². The summed E-state index contributed by atoms with van der Waals surface area (Å²) in [7, 11) is 1.68. The Morgan fingerprint density at radius 3 is 3.00 bits per heavy atom. The van der Waals surface area contributed by atoms with Crippen molar-refractivity contribution in [1.82, 2.24) is 14.9 Å². The number of hydrogen-bond acceptors (Lipinski definition) is 4. The average Bonchev–Trinajstić information content (AvgIpc) is 3.10. The van der Waals surface area contributed by atoms with Crippen molar-refractivity contribution in [3.63, 3.8) is 0 Å². The van der Waals surface area contributed by atoms with Crippen LogP contribution in [-0.4, -0.2) is 28.5 Å². The molecule has 128 valence electrons. The third-order valence-electron chi connectivity index (χ3n) is 4.86. The smallest absolute Gasteiger partial charge is 0.271 e. The van der Waals surface area contributed by atoms with Crippen molar-refractivity contribution in [1.29, 1.82) is 0 Å². The van der Waals surface area contributed by atoms with Crippen molar-refractivity contribution in [3.05, 3.63) is 70.1 Å². The molecule has 1 aliphatic rings. The quantitative estimate of drug-likeness (QED) is 0.795. The molecule has 1 aromatic heterocycles. The number of benzene rings is 2. The largest absolute Gasteiger partial charge is 0.497 e. The van der Waals surface area contributed by atoms with Crippen molar-refractivity contribution in [2.75, 3.05) is 13.7 Å². The summed E-state index contributed by atoms with van der Waals surface area (Å²) in [5.74, 6) is 0.867. The van der Waals surface area contributed by atoms with Crippen LogP contribution in [0, 0.1) is 0 Å². The Hall–Kier alpha value is -2.66. The maximum absolute atomic E-state index is 12.4. The summed E-state index contributed by atoms with van der Waals surface area (Å²) in [6.45, 7) is 1.53. The molecular weight excluding hydrogens is 314 g/mol. The molecule has 0 spiro atoms. The van der Waals surface area contributed by atoms with E-state index < -0.39 is 0 Å². The number of nitrogens with one attached hydrogen (secondary N) is 1. The molecule has 2 aromatic carbocycles. The van der Waals surface area contributed by atoms with E-state index in [0.717, 1.165) is 36.2 Å². The van der Waals surface area contributed by atoms with E-state index in [2.05, 4.69) is 27.0 Å². The summed E-state index contributed by atoms with van der Waals surface area (Å²) >= 11 is 0. The fraction of sp³-hybridized carbons (Fsp3) is 0.300. The second-order valence-corrected chi connectivity index (χ2v) is 6.43. The molecule has 0 aliphatic carbocycles. The van der Waals surface area contributed by atoms with Gasteiger partial charge in [-0.2, -0.15) is 0 Å². The van der Waals surface area contributed by atoms with Crippen LogP contribution >= 0.6 is 0 Å². The van der Waals surface area contributed by atoms with E-state index in [1.807, 2.05) is 36.4 Å². The first kappa shape index (κ1) is 15.8. The topological polar surface area (TPSA) is 58.2 Å². The summed E-state index contributed by atoms with van der Waals surface area (Å²) in [4.78, 5) is 22.3. The summed E-state index contributed by atoms with van der Waals surface area (Å²) in [5.41, 5.74) is 3.31. The number of rotatable bonds is 4. The Kier molecular flexibility index (Phi) is 4.24. The first-order valence-electron chi connectivity index (χ1n) is 8.60. The Bertz CT molecular complexity index is 951. The number of methoxy groups -OCH3 is 1. The van der Waals surface area contributed by atoms with Crippen molar-refractivity contribution in [2.45, 2.75) is 25.4 Å². The van der Waals surface area contributed by atoms with Crippen LogP contribution in [0.2, 0.25) is 0 Å². The normalized spacial score (nSPS) is 17.9. The lowest BCUT2D eigenvalue weighted by molar-refractivity contribution is 0.244. The van der Waals surface area contributed by atoms with Crippen LogP contribution in [0.15, 0.2) is 53.3 Å². The fourth-order valence-corrected chi connectivity index (χ4v) is 3.61. The number of fused-ring (bicyclic) bond motifs is 1. The van der Waals surface area contributed by atoms with E-state index in [9.17, 15) is 4.79 Å². The van der Waals surface area contributed by atoms with Crippen LogP contribution in [0.1, 0.15) is 30.1 Å². The molecule has 0 amide bonds. The average molecular weight is 335 g/mol. The highest BCUT2D eigenvalue weighted by Crippen LogP contribution is 2.34. The maximum atomic E-state index is 12.4. The minimum absolute atomic E-state index is 0.102. The maximum Gasteiger partial charge on any atom is 0.271 e. The van der Waals surface area contributed by atoms with Gasteiger partial charge in [0.25, 0.3) is 5.56 Å². The standard InChI is InChI=1S/C20H21N3O2/c1-25-15-7-4-6-14(12-15)19-10-5-11-23(19)13-18-20(24)22-17-9-3-2-8-16(17)21-18/h2-4,6-9,12,19H,5,10-11,13H2,1H3,(H,22,24)/t19-/m0/s1.